The molecule has 2 rings (SSSR count). The summed E-state index contributed by atoms with van der Waals surface area (Å²) in [4.78, 5) is 22.9. The second-order valence-corrected chi connectivity index (χ2v) is 6.61. The van der Waals surface area contributed by atoms with Gasteiger partial charge in [-0.15, -0.1) is 0 Å². The maximum Gasteiger partial charge on any atom is 0.426 e. The number of hydrogen-bond acceptors (Lipinski definition) is 3. The number of carbonyl (C=O) groups excluding carboxylic acids is 2. The molecule has 3 unspecified atom stereocenters. The zero-order valence-corrected chi connectivity index (χ0v) is 12.7. The molecule has 2 bridgehead atoms. The van der Waals surface area contributed by atoms with Gasteiger partial charge in [-0.3, -0.25) is 0 Å². The molecule has 0 aromatic heterocycles. The van der Waals surface area contributed by atoms with Gasteiger partial charge in [0.15, 0.2) is 0 Å². The van der Waals surface area contributed by atoms with Gasteiger partial charge < -0.3 is 10.1 Å². The highest BCUT2D eigenvalue weighted by molar-refractivity contribution is 5.77. The van der Waals surface area contributed by atoms with Gasteiger partial charge in [0.1, 0.15) is 0 Å². The van der Waals surface area contributed by atoms with Crippen LogP contribution in [-0.4, -0.2) is 24.8 Å². The Labute approximate surface area is 120 Å². The Hall–Kier alpha value is -1.46. The molecule has 6 nitrogen and oxygen atoms in total. The Morgan fingerprint density at radius 1 is 1.25 bits per heavy atom. The quantitative estimate of drug-likeness (QED) is 0.679. The lowest BCUT2D eigenvalue weighted by molar-refractivity contribution is 0.121. The Morgan fingerprint density at radius 3 is 2.45 bits per heavy atom. The minimum Gasteiger partial charge on any atom is -0.449 e. The summed E-state index contributed by atoms with van der Waals surface area (Å²) < 4.78 is 4.67. The standard InChI is InChI=1S/C14H25N3O3/c1-5-20-12(19)17-16-11(18)15-10-8-9-6-7-14(10,4)13(9,2)3/h9-10H,5-8H2,1-4H3,(H,17,19)(H2,15,16,18). The fourth-order valence-corrected chi connectivity index (χ4v) is 3.89. The molecule has 0 aromatic carbocycles. The van der Waals surface area contributed by atoms with Crippen LogP contribution in [0.3, 0.4) is 0 Å². The van der Waals surface area contributed by atoms with Crippen LogP contribution in [0.5, 0.6) is 0 Å². The fraction of sp³-hybridized carbons (Fsp3) is 0.857. The van der Waals surface area contributed by atoms with E-state index in [1.807, 2.05) is 0 Å². The lowest BCUT2D eigenvalue weighted by Crippen LogP contribution is -2.54. The molecule has 2 saturated carbocycles. The van der Waals surface area contributed by atoms with Crippen molar-refractivity contribution in [3.63, 3.8) is 0 Å². The maximum absolute atomic E-state index is 11.8. The molecule has 114 valence electrons. The predicted octanol–water partition coefficient (Wildman–Crippen LogP) is 2.16. The summed E-state index contributed by atoms with van der Waals surface area (Å²) in [5, 5.41) is 2.98. The van der Waals surface area contributed by atoms with Crippen molar-refractivity contribution in [2.45, 2.75) is 53.0 Å². The number of hydrazine groups is 1. The number of amides is 3. The van der Waals surface area contributed by atoms with Crippen LogP contribution in [-0.2, 0) is 4.74 Å². The van der Waals surface area contributed by atoms with Gasteiger partial charge in [0, 0.05) is 6.04 Å². The van der Waals surface area contributed by atoms with E-state index >= 15 is 0 Å². The van der Waals surface area contributed by atoms with Crippen LogP contribution >= 0.6 is 0 Å². The van der Waals surface area contributed by atoms with E-state index < -0.39 is 6.09 Å². The average Bonchev–Trinajstić information content (AvgIpc) is 2.70. The third-order valence-corrected chi connectivity index (χ3v) is 5.65. The molecular weight excluding hydrogens is 258 g/mol. The van der Waals surface area contributed by atoms with E-state index in [0.29, 0.717) is 5.92 Å². The number of rotatable bonds is 2. The number of ether oxygens (including phenoxy) is 1. The van der Waals surface area contributed by atoms with E-state index in [9.17, 15) is 9.59 Å². The van der Waals surface area contributed by atoms with Crippen molar-refractivity contribution in [3.8, 4) is 0 Å². The first kappa shape index (κ1) is 14.9. The van der Waals surface area contributed by atoms with Crippen LogP contribution in [0.15, 0.2) is 0 Å². The van der Waals surface area contributed by atoms with Crippen LogP contribution < -0.4 is 16.2 Å². The summed E-state index contributed by atoms with van der Waals surface area (Å²) in [6, 6.07) is -0.229. The molecule has 0 radical (unpaired) electrons. The van der Waals surface area contributed by atoms with Gasteiger partial charge in [-0.05, 0) is 42.9 Å². The van der Waals surface area contributed by atoms with E-state index in [-0.39, 0.29) is 29.5 Å². The van der Waals surface area contributed by atoms with Crippen LogP contribution in [0.2, 0.25) is 0 Å². The number of urea groups is 1. The molecule has 0 heterocycles. The van der Waals surface area contributed by atoms with E-state index in [2.05, 4.69) is 41.7 Å². The average molecular weight is 283 g/mol. The summed E-state index contributed by atoms with van der Waals surface area (Å²) in [6.07, 6.45) is 2.74. The Bertz CT molecular complexity index is 410. The number of fused-ring (bicyclic) bond motifs is 2. The normalized spacial score (nSPS) is 33.6. The zero-order chi connectivity index (χ0) is 15.0. The van der Waals surface area contributed by atoms with Crippen LogP contribution in [0.4, 0.5) is 9.59 Å². The molecule has 20 heavy (non-hydrogen) atoms. The molecule has 0 spiro atoms. The number of carbonyl (C=O) groups is 2. The number of hydrogen-bond donors (Lipinski definition) is 3. The van der Waals surface area contributed by atoms with E-state index in [4.69, 9.17) is 0 Å². The van der Waals surface area contributed by atoms with Crippen LogP contribution in [0.25, 0.3) is 0 Å². The van der Waals surface area contributed by atoms with Gasteiger partial charge in [0.2, 0.25) is 0 Å². The van der Waals surface area contributed by atoms with E-state index in [1.54, 1.807) is 6.92 Å². The van der Waals surface area contributed by atoms with Crippen molar-refractivity contribution >= 4 is 12.1 Å². The highest BCUT2D eigenvalue weighted by Crippen LogP contribution is 2.65. The SMILES string of the molecule is CCOC(=O)NNC(=O)NC1CC2CCC1(C)C2(C)C. The van der Waals surface area contributed by atoms with Crippen LogP contribution in [0, 0.1) is 16.7 Å². The second-order valence-electron chi connectivity index (χ2n) is 6.61. The molecule has 3 amide bonds. The topological polar surface area (TPSA) is 79.5 Å². The third-order valence-electron chi connectivity index (χ3n) is 5.65. The van der Waals surface area contributed by atoms with Gasteiger partial charge in [0.25, 0.3) is 0 Å². The Balaban J connectivity index is 1.86. The van der Waals surface area contributed by atoms with Gasteiger partial charge in [-0.25, -0.2) is 20.4 Å². The van der Waals surface area contributed by atoms with Crippen molar-refractivity contribution in [3.05, 3.63) is 0 Å². The zero-order valence-electron chi connectivity index (χ0n) is 12.7. The smallest absolute Gasteiger partial charge is 0.426 e. The molecule has 2 fully saturated rings. The molecule has 0 aliphatic heterocycles. The number of nitrogens with one attached hydrogen (secondary N) is 3. The minimum absolute atomic E-state index is 0.124. The van der Waals surface area contributed by atoms with Crippen molar-refractivity contribution in [1.82, 2.24) is 16.2 Å². The molecule has 3 N–H and O–H groups in total. The lowest BCUT2D eigenvalue weighted by Gasteiger charge is -2.39. The monoisotopic (exact) mass is 283 g/mol. The first-order chi connectivity index (χ1) is 9.31. The first-order valence-electron chi connectivity index (χ1n) is 7.30. The van der Waals surface area contributed by atoms with Crippen molar-refractivity contribution in [1.29, 1.82) is 0 Å². The summed E-state index contributed by atoms with van der Waals surface area (Å²) >= 11 is 0. The Morgan fingerprint density at radius 2 is 1.95 bits per heavy atom. The molecule has 2 aliphatic carbocycles. The summed E-state index contributed by atoms with van der Waals surface area (Å²) in [5.74, 6) is 0.663. The first-order valence-corrected chi connectivity index (χ1v) is 7.30. The van der Waals surface area contributed by atoms with Gasteiger partial charge in [0.05, 0.1) is 6.61 Å². The second kappa shape index (κ2) is 5.14. The highest BCUT2D eigenvalue weighted by atomic mass is 16.6. The van der Waals surface area contributed by atoms with Gasteiger partial charge in [-0.1, -0.05) is 20.8 Å². The molecular formula is C14H25N3O3. The lowest BCUT2D eigenvalue weighted by atomic mass is 9.69. The van der Waals surface area contributed by atoms with Crippen molar-refractivity contribution < 1.29 is 14.3 Å². The third kappa shape index (κ3) is 2.31. The largest absolute Gasteiger partial charge is 0.449 e. The van der Waals surface area contributed by atoms with Gasteiger partial charge in [-0.2, -0.15) is 0 Å². The summed E-state index contributed by atoms with van der Waals surface area (Å²) in [7, 11) is 0. The molecule has 3 atom stereocenters. The molecule has 2 aliphatic rings. The van der Waals surface area contributed by atoms with E-state index in [0.717, 1.165) is 12.8 Å². The molecule has 0 saturated heterocycles. The molecule has 6 heteroatoms. The summed E-state index contributed by atoms with van der Waals surface area (Å²) in [6.45, 7) is 8.81. The van der Waals surface area contributed by atoms with Crippen molar-refractivity contribution in [2.24, 2.45) is 16.7 Å². The van der Waals surface area contributed by atoms with Crippen LogP contribution in [0.1, 0.15) is 47.0 Å². The Kier molecular flexibility index (Phi) is 3.84. The fourth-order valence-electron chi connectivity index (χ4n) is 3.89. The molecule has 0 aromatic rings. The summed E-state index contributed by atoms with van der Waals surface area (Å²) in [5.41, 5.74) is 4.91. The minimum atomic E-state index is -0.651. The maximum atomic E-state index is 11.8. The van der Waals surface area contributed by atoms with E-state index in [1.165, 1.54) is 6.42 Å². The predicted molar refractivity (Wildman–Crippen MR) is 74.8 cm³/mol. The van der Waals surface area contributed by atoms with Crippen molar-refractivity contribution in [2.75, 3.05) is 6.61 Å². The van der Waals surface area contributed by atoms with Gasteiger partial charge >= 0.3 is 12.1 Å². The highest BCUT2D eigenvalue weighted by Gasteiger charge is 2.61.